The van der Waals surface area contributed by atoms with E-state index in [1.807, 2.05) is 12.1 Å². The van der Waals surface area contributed by atoms with Gasteiger partial charge in [-0.25, -0.2) is 0 Å². The standard InChI is InChI=1S/C24H38N4O2/c1-3-16-30-22-11-7-8-19(17-22)12-14-26-24(25-4-2)27-21-13-15-28(18-21)23(29)20-9-5-6-10-20/h7-8,11,17,20-21H,3-6,9-10,12-16,18H2,1-2H3,(H2,25,26,27). The molecular weight excluding hydrogens is 376 g/mol. The molecule has 1 heterocycles. The number of carbonyl (C=O) groups is 1. The summed E-state index contributed by atoms with van der Waals surface area (Å²) in [7, 11) is 0. The minimum Gasteiger partial charge on any atom is -0.494 e. The van der Waals surface area contributed by atoms with Crippen molar-refractivity contribution in [2.75, 3.05) is 32.8 Å². The van der Waals surface area contributed by atoms with E-state index in [0.29, 0.717) is 12.5 Å². The van der Waals surface area contributed by atoms with E-state index in [-0.39, 0.29) is 12.0 Å². The van der Waals surface area contributed by atoms with Crippen molar-refractivity contribution in [1.29, 1.82) is 0 Å². The molecule has 1 aliphatic heterocycles. The van der Waals surface area contributed by atoms with Gasteiger partial charge in [-0.3, -0.25) is 9.79 Å². The van der Waals surface area contributed by atoms with Gasteiger partial charge in [-0.1, -0.05) is 31.9 Å². The van der Waals surface area contributed by atoms with Gasteiger partial charge in [0.2, 0.25) is 5.91 Å². The lowest BCUT2D eigenvalue weighted by atomic mass is 10.1. The number of benzene rings is 1. The minimum absolute atomic E-state index is 0.266. The topological polar surface area (TPSA) is 66.0 Å². The van der Waals surface area contributed by atoms with Gasteiger partial charge in [0.05, 0.1) is 6.61 Å². The Bertz CT molecular complexity index is 700. The third kappa shape index (κ3) is 6.64. The van der Waals surface area contributed by atoms with E-state index in [4.69, 9.17) is 9.73 Å². The van der Waals surface area contributed by atoms with Crippen LogP contribution in [0.3, 0.4) is 0 Å². The molecule has 1 aliphatic carbocycles. The molecule has 1 saturated heterocycles. The van der Waals surface area contributed by atoms with Crippen LogP contribution in [0.1, 0.15) is 57.9 Å². The Morgan fingerprint density at radius 1 is 1.23 bits per heavy atom. The lowest BCUT2D eigenvalue weighted by Crippen LogP contribution is -2.45. The second kappa shape index (κ2) is 11.8. The number of amides is 1. The molecule has 0 spiro atoms. The number of ether oxygens (including phenoxy) is 1. The zero-order valence-electron chi connectivity index (χ0n) is 18.7. The molecule has 6 heteroatoms. The molecule has 0 bridgehead atoms. The monoisotopic (exact) mass is 414 g/mol. The Morgan fingerprint density at radius 3 is 2.83 bits per heavy atom. The fourth-order valence-corrected chi connectivity index (χ4v) is 4.33. The average Bonchev–Trinajstić information content (AvgIpc) is 3.45. The van der Waals surface area contributed by atoms with Crippen molar-refractivity contribution in [3.05, 3.63) is 29.8 Å². The largest absolute Gasteiger partial charge is 0.494 e. The first kappa shape index (κ1) is 22.4. The van der Waals surface area contributed by atoms with E-state index < -0.39 is 0 Å². The van der Waals surface area contributed by atoms with E-state index in [1.165, 1.54) is 18.4 Å². The average molecular weight is 415 g/mol. The molecule has 1 unspecified atom stereocenters. The highest BCUT2D eigenvalue weighted by Crippen LogP contribution is 2.27. The summed E-state index contributed by atoms with van der Waals surface area (Å²) in [5, 5.41) is 6.88. The molecule has 1 aromatic carbocycles. The van der Waals surface area contributed by atoms with Gasteiger partial charge in [0.15, 0.2) is 5.96 Å². The highest BCUT2D eigenvalue weighted by molar-refractivity contribution is 5.81. The van der Waals surface area contributed by atoms with Crippen molar-refractivity contribution < 1.29 is 9.53 Å². The summed E-state index contributed by atoms with van der Waals surface area (Å²) in [4.78, 5) is 19.5. The van der Waals surface area contributed by atoms with Gasteiger partial charge >= 0.3 is 0 Å². The number of carbonyl (C=O) groups excluding carboxylic acids is 1. The molecule has 1 amide bonds. The molecule has 2 fully saturated rings. The van der Waals surface area contributed by atoms with Crippen LogP contribution >= 0.6 is 0 Å². The minimum atomic E-state index is 0.266. The zero-order valence-corrected chi connectivity index (χ0v) is 18.7. The Labute approximate surface area is 181 Å². The number of aliphatic imine (C=N–C) groups is 1. The first-order chi connectivity index (χ1) is 14.7. The summed E-state index contributed by atoms with van der Waals surface area (Å²) in [6.45, 7) is 8.12. The van der Waals surface area contributed by atoms with Crippen molar-refractivity contribution in [2.45, 2.75) is 64.8 Å². The van der Waals surface area contributed by atoms with Crippen LogP contribution in [-0.2, 0) is 11.2 Å². The number of nitrogens with zero attached hydrogens (tertiary/aromatic N) is 2. The molecule has 3 rings (SSSR count). The van der Waals surface area contributed by atoms with Gasteiger partial charge in [0.25, 0.3) is 0 Å². The fourth-order valence-electron chi connectivity index (χ4n) is 4.33. The van der Waals surface area contributed by atoms with Crippen LogP contribution < -0.4 is 15.4 Å². The maximum Gasteiger partial charge on any atom is 0.225 e. The van der Waals surface area contributed by atoms with Crippen molar-refractivity contribution >= 4 is 11.9 Å². The van der Waals surface area contributed by atoms with Gasteiger partial charge in [0.1, 0.15) is 5.75 Å². The number of nitrogens with one attached hydrogen (secondary N) is 2. The van der Waals surface area contributed by atoms with E-state index in [0.717, 1.165) is 70.1 Å². The number of rotatable bonds is 9. The number of hydrogen-bond donors (Lipinski definition) is 2. The molecule has 166 valence electrons. The second-order valence-corrected chi connectivity index (χ2v) is 8.40. The predicted octanol–water partition coefficient (Wildman–Crippen LogP) is 3.36. The molecule has 0 radical (unpaired) electrons. The van der Waals surface area contributed by atoms with Crippen molar-refractivity contribution in [1.82, 2.24) is 15.5 Å². The van der Waals surface area contributed by atoms with Gasteiger partial charge in [-0.15, -0.1) is 0 Å². The van der Waals surface area contributed by atoms with E-state index >= 15 is 0 Å². The smallest absolute Gasteiger partial charge is 0.225 e. The summed E-state index contributed by atoms with van der Waals surface area (Å²) >= 11 is 0. The van der Waals surface area contributed by atoms with E-state index in [9.17, 15) is 4.79 Å². The molecule has 2 aliphatic rings. The van der Waals surface area contributed by atoms with Crippen LogP contribution in [0.4, 0.5) is 0 Å². The summed E-state index contributed by atoms with van der Waals surface area (Å²) < 4.78 is 5.72. The quantitative estimate of drug-likeness (QED) is 0.480. The van der Waals surface area contributed by atoms with Crippen LogP contribution in [0.5, 0.6) is 5.75 Å². The van der Waals surface area contributed by atoms with Crippen LogP contribution in [0, 0.1) is 5.92 Å². The lowest BCUT2D eigenvalue weighted by molar-refractivity contribution is -0.134. The second-order valence-electron chi connectivity index (χ2n) is 8.40. The summed E-state index contributed by atoms with van der Waals surface area (Å²) in [6, 6.07) is 8.56. The maximum atomic E-state index is 12.7. The highest BCUT2D eigenvalue weighted by atomic mass is 16.5. The van der Waals surface area contributed by atoms with Gasteiger partial charge in [0, 0.05) is 38.1 Å². The summed E-state index contributed by atoms with van der Waals surface area (Å²) in [5.41, 5.74) is 1.23. The SMILES string of the molecule is CCCOc1cccc(CCN=C(NCC)NC2CCN(C(=O)C3CCCC3)C2)c1. The number of hydrogen-bond acceptors (Lipinski definition) is 3. The lowest BCUT2D eigenvalue weighted by Gasteiger charge is -2.21. The van der Waals surface area contributed by atoms with Crippen LogP contribution in [-0.4, -0.2) is 55.6 Å². The van der Waals surface area contributed by atoms with Crippen LogP contribution in [0.2, 0.25) is 0 Å². The molecule has 2 N–H and O–H groups in total. The Morgan fingerprint density at radius 2 is 2.07 bits per heavy atom. The third-order valence-electron chi connectivity index (χ3n) is 5.93. The van der Waals surface area contributed by atoms with Crippen LogP contribution in [0.25, 0.3) is 0 Å². The Hall–Kier alpha value is -2.24. The number of guanidine groups is 1. The highest BCUT2D eigenvalue weighted by Gasteiger charge is 2.32. The molecule has 1 aromatic rings. The first-order valence-corrected chi connectivity index (χ1v) is 11.7. The molecule has 1 saturated carbocycles. The predicted molar refractivity (Wildman–Crippen MR) is 122 cm³/mol. The third-order valence-corrected chi connectivity index (χ3v) is 5.93. The first-order valence-electron chi connectivity index (χ1n) is 11.7. The molecule has 6 nitrogen and oxygen atoms in total. The van der Waals surface area contributed by atoms with Crippen molar-refractivity contribution in [3.63, 3.8) is 0 Å². The van der Waals surface area contributed by atoms with Crippen molar-refractivity contribution in [2.24, 2.45) is 10.9 Å². The van der Waals surface area contributed by atoms with Gasteiger partial charge in [-0.2, -0.15) is 0 Å². The van der Waals surface area contributed by atoms with E-state index in [1.54, 1.807) is 0 Å². The normalized spacial score (nSPS) is 19.9. The maximum absolute atomic E-state index is 12.7. The zero-order chi connectivity index (χ0) is 21.2. The summed E-state index contributed by atoms with van der Waals surface area (Å²) in [5.74, 6) is 2.41. The van der Waals surface area contributed by atoms with E-state index in [2.05, 4.69) is 41.5 Å². The Kier molecular flexibility index (Phi) is 8.84. The molecule has 0 aromatic heterocycles. The van der Waals surface area contributed by atoms with Crippen molar-refractivity contribution in [3.8, 4) is 5.75 Å². The molecule has 30 heavy (non-hydrogen) atoms. The molecule has 1 atom stereocenters. The summed E-state index contributed by atoms with van der Waals surface area (Å²) in [6.07, 6.45) is 7.42. The molecular formula is C24H38N4O2. The Balaban J connectivity index is 1.48. The van der Waals surface area contributed by atoms with Crippen LogP contribution in [0.15, 0.2) is 29.3 Å². The van der Waals surface area contributed by atoms with Gasteiger partial charge < -0.3 is 20.3 Å². The number of likely N-dealkylation sites (tertiary alicyclic amines) is 1. The van der Waals surface area contributed by atoms with Gasteiger partial charge in [-0.05, 0) is 56.7 Å². The fraction of sp³-hybridized carbons (Fsp3) is 0.667.